The zero-order chi connectivity index (χ0) is 5.11. The minimum atomic E-state index is -0.954. The van der Waals surface area contributed by atoms with Crippen LogP contribution in [-0.4, -0.2) is 0 Å². The summed E-state index contributed by atoms with van der Waals surface area (Å²) in [4.78, 5) is 0. The Bertz CT molecular complexity index is 115. The van der Waals surface area contributed by atoms with Gasteiger partial charge in [0, 0.05) is 0 Å². The van der Waals surface area contributed by atoms with Crippen molar-refractivity contribution in [2.24, 2.45) is 0 Å². The molecule has 0 N–H and O–H groups in total. The first-order chi connectivity index (χ1) is 3.43. The van der Waals surface area contributed by atoms with Crippen molar-refractivity contribution in [3.05, 3.63) is 21.3 Å². The summed E-state index contributed by atoms with van der Waals surface area (Å²) in [7, 11) is 5.72. The van der Waals surface area contributed by atoms with Crippen LogP contribution >= 0.6 is 8.25 Å². The van der Waals surface area contributed by atoms with E-state index in [1.807, 2.05) is 0 Å². The van der Waals surface area contributed by atoms with Gasteiger partial charge in [0.15, 0.2) is 0 Å². The van der Waals surface area contributed by atoms with Gasteiger partial charge in [0.2, 0.25) is 0 Å². The third kappa shape index (κ3) is 1.58. The minimum absolute atomic E-state index is 0.954. The SMILES string of the molecule is [Cl][Hg][C]1=CC=CC1. The molecule has 0 aromatic rings. The molecule has 0 nitrogen and oxygen atoms in total. The fraction of sp³-hybridized carbons (Fsp3) is 0.200. The van der Waals surface area contributed by atoms with Crippen LogP contribution < -0.4 is 0 Å². The first-order valence-corrected chi connectivity index (χ1v) is 11.9. The van der Waals surface area contributed by atoms with Crippen LogP contribution in [0.2, 0.25) is 0 Å². The summed E-state index contributed by atoms with van der Waals surface area (Å²) >= 11 is -0.954. The second kappa shape index (κ2) is 2.88. The molecule has 0 aromatic carbocycles. The second-order valence-corrected chi connectivity index (χ2v) is 8.51. The van der Waals surface area contributed by atoms with Gasteiger partial charge < -0.3 is 0 Å². The second-order valence-electron chi connectivity index (χ2n) is 1.59. The molecule has 0 aromatic heterocycles. The summed E-state index contributed by atoms with van der Waals surface area (Å²) in [5.41, 5.74) is 0. The molecule has 1 rings (SSSR count). The molecule has 0 radical (unpaired) electrons. The van der Waals surface area contributed by atoms with E-state index < -0.39 is 23.3 Å². The van der Waals surface area contributed by atoms with Gasteiger partial charge in [-0.15, -0.1) is 0 Å². The van der Waals surface area contributed by atoms with Crippen molar-refractivity contribution in [1.29, 1.82) is 0 Å². The summed E-state index contributed by atoms with van der Waals surface area (Å²) in [5.74, 6) is 0. The fourth-order valence-corrected chi connectivity index (χ4v) is 4.28. The van der Waals surface area contributed by atoms with Gasteiger partial charge in [-0.1, -0.05) is 0 Å². The van der Waals surface area contributed by atoms with Gasteiger partial charge in [0.25, 0.3) is 0 Å². The maximum absolute atomic E-state index is 5.72. The predicted octanol–water partition coefficient (Wildman–Crippen LogP) is 2.07. The molecule has 0 saturated heterocycles. The van der Waals surface area contributed by atoms with Crippen LogP contribution in [0.1, 0.15) is 6.42 Å². The van der Waals surface area contributed by atoms with Crippen LogP contribution in [0.4, 0.5) is 0 Å². The van der Waals surface area contributed by atoms with Gasteiger partial charge >= 0.3 is 59.3 Å². The molecule has 0 fully saturated rings. The van der Waals surface area contributed by atoms with Gasteiger partial charge in [-0.25, -0.2) is 0 Å². The fourth-order valence-electron chi connectivity index (χ4n) is 0.591. The summed E-state index contributed by atoms with van der Waals surface area (Å²) in [6.07, 6.45) is 7.58. The molecule has 34 valence electrons. The van der Waals surface area contributed by atoms with Crippen LogP contribution in [0.5, 0.6) is 0 Å². The van der Waals surface area contributed by atoms with Crippen molar-refractivity contribution < 1.29 is 23.3 Å². The Morgan fingerprint density at radius 2 is 2.57 bits per heavy atom. The van der Waals surface area contributed by atoms with Crippen LogP contribution in [0.15, 0.2) is 21.3 Å². The third-order valence-electron chi connectivity index (χ3n) is 1.02. The summed E-state index contributed by atoms with van der Waals surface area (Å²) in [6.45, 7) is 0. The molecule has 2 heteroatoms. The van der Waals surface area contributed by atoms with E-state index in [4.69, 9.17) is 8.25 Å². The van der Waals surface area contributed by atoms with E-state index in [1.165, 1.54) is 0 Å². The Morgan fingerprint density at radius 1 is 1.71 bits per heavy atom. The number of rotatable bonds is 1. The van der Waals surface area contributed by atoms with Crippen molar-refractivity contribution in [1.82, 2.24) is 0 Å². The Hall–Kier alpha value is 0.705. The standard InChI is InChI=1S/C5H5.ClH.Hg/c1-2-4-5-3-1;;/h1-3H,4H2;1H;/q;;+1/p-1. The molecular weight excluding hydrogens is 296 g/mol. The Kier molecular flexibility index (Phi) is 2.40. The van der Waals surface area contributed by atoms with Crippen molar-refractivity contribution in [2.45, 2.75) is 6.42 Å². The van der Waals surface area contributed by atoms with Crippen molar-refractivity contribution in [3.63, 3.8) is 0 Å². The van der Waals surface area contributed by atoms with Crippen LogP contribution in [0, 0.1) is 0 Å². The van der Waals surface area contributed by atoms with Crippen molar-refractivity contribution in [2.75, 3.05) is 0 Å². The number of hydrogen-bond donors (Lipinski definition) is 0. The molecule has 0 aliphatic heterocycles. The van der Waals surface area contributed by atoms with E-state index in [9.17, 15) is 0 Å². The van der Waals surface area contributed by atoms with E-state index in [0.29, 0.717) is 0 Å². The molecule has 0 spiro atoms. The first kappa shape index (κ1) is 5.83. The molecule has 0 saturated carbocycles. The summed E-state index contributed by atoms with van der Waals surface area (Å²) in [6, 6.07) is 0. The van der Waals surface area contributed by atoms with Crippen molar-refractivity contribution in [3.8, 4) is 0 Å². The van der Waals surface area contributed by atoms with Crippen LogP contribution in [-0.2, 0) is 23.3 Å². The normalized spacial score (nSPS) is 16.4. The molecule has 0 amide bonds. The monoisotopic (exact) mass is 302 g/mol. The predicted molar refractivity (Wildman–Crippen MR) is 27.7 cm³/mol. The van der Waals surface area contributed by atoms with Crippen molar-refractivity contribution >= 4 is 8.25 Å². The summed E-state index contributed by atoms with van der Waals surface area (Å²) < 4.78 is 1.54. The molecule has 0 heterocycles. The van der Waals surface area contributed by atoms with E-state index in [0.717, 1.165) is 6.42 Å². The van der Waals surface area contributed by atoms with Gasteiger partial charge in [0.05, 0.1) is 0 Å². The van der Waals surface area contributed by atoms with Gasteiger partial charge in [-0.05, 0) is 0 Å². The van der Waals surface area contributed by atoms with Crippen LogP contribution in [0.25, 0.3) is 0 Å². The third-order valence-corrected chi connectivity index (χ3v) is 7.41. The van der Waals surface area contributed by atoms with Gasteiger partial charge in [-0.3, -0.25) is 0 Å². The number of hydrogen-bond acceptors (Lipinski definition) is 0. The molecule has 1 aliphatic rings. The quantitative estimate of drug-likeness (QED) is 0.651. The zero-order valence-corrected chi connectivity index (χ0v) is 10.3. The van der Waals surface area contributed by atoms with E-state index in [2.05, 4.69) is 18.2 Å². The number of halogens is 1. The average Bonchev–Trinajstić information content (AvgIpc) is 2.14. The van der Waals surface area contributed by atoms with Gasteiger partial charge in [-0.2, -0.15) is 0 Å². The van der Waals surface area contributed by atoms with Crippen LogP contribution in [0.3, 0.4) is 0 Å². The average molecular weight is 301 g/mol. The van der Waals surface area contributed by atoms with E-state index >= 15 is 0 Å². The van der Waals surface area contributed by atoms with E-state index in [1.54, 1.807) is 3.08 Å². The molecular formula is C5H5ClHg. The Labute approximate surface area is 59.1 Å². The van der Waals surface area contributed by atoms with E-state index in [-0.39, 0.29) is 0 Å². The molecule has 0 unspecified atom stereocenters. The topological polar surface area (TPSA) is 0 Å². The summed E-state index contributed by atoms with van der Waals surface area (Å²) in [5, 5.41) is 0. The number of allylic oxidation sites excluding steroid dienone is 4. The maximum atomic E-state index is 5.72. The molecule has 0 atom stereocenters. The Morgan fingerprint density at radius 3 is 2.86 bits per heavy atom. The van der Waals surface area contributed by atoms with Gasteiger partial charge in [0.1, 0.15) is 0 Å². The first-order valence-electron chi connectivity index (χ1n) is 2.34. The zero-order valence-electron chi connectivity index (χ0n) is 4.02. The molecule has 0 bridgehead atoms. The molecule has 7 heavy (non-hydrogen) atoms. The Balaban J connectivity index is 2.45. The molecule has 1 aliphatic carbocycles.